The van der Waals surface area contributed by atoms with E-state index in [1.807, 2.05) is 43.3 Å². The Labute approximate surface area is 197 Å². The van der Waals surface area contributed by atoms with Crippen LogP contribution in [0.1, 0.15) is 35.7 Å². The quantitative estimate of drug-likeness (QED) is 0.604. The highest BCUT2D eigenvalue weighted by atomic mass is 16.5. The first-order valence-electron chi connectivity index (χ1n) is 11.4. The number of nitrogens with zero attached hydrogens (tertiary/aromatic N) is 2. The van der Waals surface area contributed by atoms with Crippen molar-refractivity contribution in [3.63, 3.8) is 0 Å². The van der Waals surface area contributed by atoms with Crippen LogP contribution >= 0.6 is 0 Å². The summed E-state index contributed by atoms with van der Waals surface area (Å²) in [6.45, 7) is 2.50. The van der Waals surface area contributed by atoms with Gasteiger partial charge in [-0.3, -0.25) is 19.3 Å². The lowest BCUT2D eigenvalue weighted by atomic mass is 9.94. The van der Waals surface area contributed by atoms with Crippen LogP contribution in [0.2, 0.25) is 0 Å². The number of para-hydroxylation sites is 3. The molecule has 0 aromatic heterocycles. The van der Waals surface area contributed by atoms with Crippen molar-refractivity contribution in [1.82, 2.24) is 4.90 Å². The molecule has 1 fully saturated rings. The lowest BCUT2D eigenvalue weighted by Crippen LogP contribution is -2.69. The molecule has 0 unspecified atom stereocenters. The van der Waals surface area contributed by atoms with Crippen molar-refractivity contribution >= 4 is 29.1 Å². The van der Waals surface area contributed by atoms with Crippen molar-refractivity contribution in [1.29, 1.82) is 0 Å². The normalized spacial score (nSPS) is 19.0. The largest absolute Gasteiger partial charge is 0.492 e. The highest BCUT2D eigenvalue weighted by Crippen LogP contribution is 2.46. The van der Waals surface area contributed by atoms with Crippen molar-refractivity contribution in [2.24, 2.45) is 0 Å². The Bertz CT molecular complexity index is 1260. The second-order valence-corrected chi connectivity index (χ2v) is 8.32. The first kappa shape index (κ1) is 21.7. The molecule has 172 valence electrons. The summed E-state index contributed by atoms with van der Waals surface area (Å²) in [6, 6.07) is 23.6. The number of carbonyl (C=O) groups is 3. The van der Waals surface area contributed by atoms with Crippen LogP contribution in [0, 0.1) is 0 Å². The van der Waals surface area contributed by atoms with Gasteiger partial charge in [0.05, 0.1) is 23.5 Å². The molecule has 3 aromatic rings. The van der Waals surface area contributed by atoms with Crippen LogP contribution in [0.15, 0.2) is 78.9 Å². The van der Waals surface area contributed by atoms with Gasteiger partial charge in [-0.25, -0.2) is 0 Å². The zero-order valence-electron chi connectivity index (χ0n) is 18.9. The Kier molecular flexibility index (Phi) is 5.53. The Morgan fingerprint density at radius 1 is 0.971 bits per heavy atom. The molecule has 2 heterocycles. The molecule has 1 saturated heterocycles. The number of hydrogen-bond donors (Lipinski definition) is 1. The second-order valence-electron chi connectivity index (χ2n) is 8.32. The van der Waals surface area contributed by atoms with E-state index in [4.69, 9.17) is 4.74 Å². The molecule has 7 nitrogen and oxygen atoms in total. The molecule has 1 atom stereocenters. The average molecular weight is 456 g/mol. The Hall–Kier alpha value is -4.13. The molecule has 3 aromatic carbocycles. The van der Waals surface area contributed by atoms with Crippen molar-refractivity contribution in [2.45, 2.75) is 32.0 Å². The molecule has 2 aliphatic heterocycles. The van der Waals surface area contributed by atoms with E-state index in [0.717, 1.165) is 5.56 Å². The van der Waals surface area contributed by atoms with Gasteiger partial charge in [0, 0.05) is 19.4 Å². The van der Waals surface area contributed by atoms with Gasteiger partial charge in [-0.2, -0.15) is 0 Å². The van der Waals surface area contributed by atoms with Gasteiger partial charge in [0.15, 0.2) is 0 Å². The van der Waals surface area contributed by atoms with Crippen LogP contribution in [-0.4, -0.2) is 34.9 Å². The van der Waals surface area contributed by atoms with Gasteiger partial charge in [-0.1, -0.05) is 54.6 Å². The number of hydrogen-bond acceptors (Lipinski definition) is 4. The van der Waals surface area contributed by atoms with E-state index in [-0.39, 0.29) is 31.2 Å². The maximum Gasteiger partial charge on any atom is 0.271 e. The van der Waals surface area contributed by atoms with Gasteiger partial charge in [0.2, 0.25) is 11.6 Å². The zero-order chi connectivity index (χ0) is 23.7. The van der Waals surface area contributed by atoms with Gasteiger partial charge in [-0.15, -0.1) is 0 Å². The van der Waals surface area contributed by atoms with Gasteiger partial charge in [0.1, 0.15) is 5.75 Å². The lowest BCUT2D eigenvalue weighted by Gasteiger charge is -2.49. The zero-order valence-corrected chi connectivity index (χ0v) is 18.9. The van der Waals surface area contributed by atoms with Crippen LogP contribution in [-0.2, 0) is 16.1 Å². The molecular formula is C27H25N3O4. The summed E-state index contributed by atoms with van der Waals surface area (Å²) in [7, 11) is 0. The summed E-state index contributed by atoms with van der Waals surface area (Å²) in [5.41, 5.74) is 0.752. The topological polar surface area (TPSA) is 79.0 Å². The number of nitrogens with one attached hydrogen (secondary N) is 1. The van der Waals surface area contributed by atoms with Crippen LogP contribution in [0.5, 0.6) is 5.75 Å². The molecule has 0 saturated carbocycles. The molecule has 5 rings (SSSR count). The molecule has 34 heavy (non-hydrogen) atoms. The summed E-state index contributed by atoms with van der Waals surface area (Å²) in [4.78, 5) is 44.1. The number of fused-ring (bicyclic) bond motifs is 3. The molecule has 0 aliphatic carbocycles. The van der Waals surface area contributed by atoms with Gasteiger partial charge in [0.25, 0.3) is 11.8 Å². The molecule has 0 bridgehead atoms. The fourth-order valence-corrected chi connectivity index (χ4v) is 4.84. The number of carbonyl (C=O) groups excluding carboxylic acids is 3. The van der Waals surface area contributed by atoms with Crippen LogP contribution in [0.25, 0.3) is 0 Å². The monoisotopic (exact) mass is 455 g/mol. The van der Waals surface area contributed by atoms with E-state index in [9.17, 15) is 14.4 Å². The summed E-state index contributed by atoms with van der Waals surface area (Å²) < 4.78 is 5.68. The molecule has 2 aliphatic rings. The van der Waals surface area contributed by atoms with Crippen LogP contribution < -0.4 is 15.0 Å². The molecule has 0 radical (unpaired) electrons. The van der Waals surface area contributed by atoms with Crippen LogP contribution in [0.4, 0.5) is 11.4 Å². The highest BCUT2D eigenvalue weighted by molar-refractivity contribution is 6.18. The predicted octanol–water partition coefficient (Wildman–Crippen LogP) is 4.20. The van der Waals surface area contributed by atoms with Gasteiger partial charge >= 0.3 is 0 Å². The molecular weight excluding hydrogens is 430 g/mol. The number of amides is 3. The first-order valence-corrected chi connectivity index (χ1v) is 11.4. The summed E-state index contributed by atoms with van der Waals surface area (Å²) >= 11 is 0. The predicted molar refractivity (Wildman–Crippen MR) is 128 cm³/mol. The van der Waals surface area contributed by atoms with Crippen molar-refractivity contribution in [3.05, 3.63) is 90.0 Å². The number of benzene rings is 3. The fraction of sp³-hybridized carbons (Fsp3) is 0.222. The number of rotatable bonds is 6. The van der Waals surface area contributed by atoms with Crippen molar-refractivity contribution in [2.75, 3.05) is 16.8 Å². The Morgan fingerprint density at radius 3 is 2.47 bits per heavy atom. The number of ether oxygens (including phenoxy) is 1. The summed E-state index contributed by atoms with van der Waals surface area (Å²) in [5.74, 6) is -0.378. The Morgan fingerprint density at radius 2 is 1.68 bits per heavy atom. The van der Waals surface area contributed by atoms with E-state index in [1.165, 1.54) is 9.80 Å². The van der Waals surface area contributed by atoms with Gasteiger partial charge < -0.3 is 15.0 Å². The van der Waals surface area contributed by atoms with Gasteiger partial charge in [-0.05, 0) is 36.8 Å². The summed E-state index contributed by atoms with van der Waals surface area (Å²) in [5, 5.41) is 2.96. The minimum Gasteiger partial charge on any atom is -0.492 e. The standard InChI is InChI=1S/C27H25N3O4/c1-2-34-23-15-9-7-13-21(23)28-26(33)27-17-16-24(31)30(27)22-14-8-6-12-20(22)25(32)29(27)18-19-10-4-3-5-11-19/h3-15H,2,16-18H2,1H3,(H,28,33)/t27-/m0/s1. The third-order valence-corrected chi connectivity index (χ3v) is 6.36. The minimum absolute atomic E-state index is 0.160. The van der Waals surface area contributed by atoms with E-state index in [0.29, 0.717) is 29.3 Å². The van der Waals surface area contributed by atoms with E-state index < -0.39 is 11.6 Å². The first-order chi connectivity index (χ1) is 16.6. The number of anilines is 2. The van der Waals surface area contributed by atoms with E-state index in [2.05, 4.69) is 5.32 Å². The van der Waals surface area contributed by atoms with E-state index in [1.54, 1.807) is 42.5 Å². The average Bonchev–Trinajstić information content (AvgIpc) is 3.22. The third kappa shape index (κ3) is 3.41. The molecule has 1 N–H and O–H groups in total. The molecule has 0 spiro atoms. The highest BCUT2D eigenvalue weighted by Gasteiger charge is 2.60. The van der Waals surface area contributed by atoms with Crippen molar-refractivity contribution < 1.29 is 19.1 Å². The second kappa shape index (κ2) is 8.67. The Balaban J connectivity index is 1.63. The molecule has 3 amide bonds. The fourth-order valence-electron chi connectivity index (χ4n) is 4.84. The third-order valence-electron chi connectivity index (χ3n) is 6.36. The molecule has 7 heteroatoms. The van der Waals surface area contributed by atoms with Crippen molar-refractivity contribution in [3.8, 4) is 5.75 Å². The minimum atomic E-state index is -1.49. The SMILES string of the molecule is CCOc1ccccc1NC(=O)[C@]12CCC(=O)N1c1ccccc1C(=O)N2Cc1ccccc1. The maximum absolute atomic E-state index is 14.1. The smallest absolute Gasteiger partial charge is 0.271 e. The lowest BCUT2D eigenvalue weighted by molar-refractivity contribution is -0.129. The summed E-state index contributed by atoms with van der Waals surface area (Å²) in [6.07, 6.45) is 0.356. The van der Waals surface area contributed by atoms with E-state index >= 15 is 0 Å². The maximum atomic E-state index is 14.1. The van der Waals surface area contributed by atoms with Crippen LogP contribution in [0.3, 0.4) is 0 Å².